The van der Waals surface area contributed by atoms with E-state index in [1.54, 1.807) is 23.6 Å². The third-order valence-electron chi connectivity index (χ3n) is 6.13. The van der Waals surface area contributed by atoms with Gasteiger partial charge in [-0.3, -0.25) is 14.6 Å². The lowest BCUT2D eigenvalue weighted by Gasteiger charge is -2.31. The quantitative estimate of drug-likeness (QED) is 0.422. The van der Waals surface area contributed by atoms with Crippen LogP contribution >= 0.6 is 11.3 Å². The molecule has 4 aromatic rings. The number of hydrogen-bond donors (Lipinski definition) is 2. The predicted molar refractivity (Wildman–Crippen MR) is 129 cm³/mol. The molecular formula is C25H21F3N4O2S. The first-order chi connectivity index (χ1) is 16.9. The fourth-order valence-electron chi connectivity index (χ4n) is 4.34. The minimum atomic E-state index is -0.690. The molecule has 2 N–H and O–H groups in total. The second-order valence-corrected chi connectivity index (χ2v) is 9.33. The zero-order valence-electron chi connectivity index (χ0n) is 18.5. The summed E-state index contributed by atoms with van der Waals surface area (Å²) in [5.41, 5.74) is 1.46. The number of aromatic amines is 1. The predicted octanol–water partition coefficient (Wildman–Crippen LogP) is 4.60. The maximum atomic E-state index is 14.4. The highest BCUT2D eigenvalue weighted by Gasteiger charge is 2.27. The van der Waals surface area contributed by atoms with E-state index in [1.807, 2.05) is 4.90 Å². The molecule has 0 unspecified atom stereocenters. The van der Waals surface area contributed by atoms with Gasteiger partial charge < -0.3 is 10.2 Å². The fourth-order valence-corrected chi connectivity index (χ4v) is 5.24. The van der Waals surface area contributed by atoms with Gasteiger partial charge in [-0.2, -0.15) is 0 Å². The lowest BCUT2D eigenvalue weighted by atomic mass is 9.96. The zero-order chi connectivity index (χ0) is 24.5. The van der Waals surface area contributed by atoms with Crippen molar-refractivity contribution in [2.24, 2.45) is 5.92 Å². The molecule has 0 spiro atoms. The van der Waals surface area contributed by atoms with Gasteiger partial charge in [-0.1, -0.05) is 18.2 Å². The van der Waals surface area contributed by atoms with E-state index in [0.717, 1.165) is 6.07 Å². The molecule has 35 heavy (non-hydrogen) atoms. The second kappa shape index (κ2) is 9.53. The largest absolute Gasteiger partial charge is 0.352 e. The minimum Gasteiger partial charge on any atom is -0.352 e. The number of amides is 1. The molecule has 10 heteroatoms. The van der Waals surface area contributed by atoms with Gasteiger partial charge in [-0.05, 0) is 36.6 Å². The van der Waals surface area contributed by atoms with Crippen molar-refractivity contribution in [3.05, 3.63) is 81.2 Å². The van der Waals surface area contributed by atoms with E-state index < -0.39 is 11.6 Å². The van der Waals surface area contributed by atoms with Crippen LogP contribution < -0.4 is 15.8 Å². The van der Waals surface area contributed by atoms with E-state index in [1.165, 1.54) is 29.5 Å². The number of piperidine rings is 1. The van der Waals surface area contributed by atoms with Crippen molar-refractivity contribution in [1.29, 1.82) is 0 Å². The summed E-state index contributed by atoms with van der Waals surface area (Å²) in [7, 11) is 0. The molecule has 0 saturated carbocycles. The lowest BCUT2D eigenvalue weighted by molar-refractivity contribution is -0.125. The monoisotopic (exact) mass is 498 g/mol. The summed E-state index contributed by atoms with van der Waals surface area (Å²) in [6.07, 6.45) is 1.05. The van der Waals surface area contributed by atoms with Crippen LogP contribution in [-0.2, 0) is 11.3 Å². The zero-order valence-corrected chi connectivity index (χ0v) is 19.3. The number of halogens is 3. The van der Waals surface area contributed by atoms with Crippen LogP contribution in [0.1, 0.15) is 18.4 Å². The Morgan fingerprint density at radius 1 is 1.09 bits per heavy atom. The van der Waals surface area contributed by atoms with Crippen LogP contribution in [0, 0.1) is 23.4 Å². The van der Waals surface area contributed by atoms with E-state index in [4.69, 9.17) is 0 Å². The van der Waals surface area contributed by atoms with Crippen LogP contribution in [-0.4, -0.2) is 29.0 Å². The van der Waals surface area contributed by atoms with Crippen LogP contribution in [0.5, 0.6) is 0 Å². The highest BCUT2D eigenvalue weighted by molar-refractivity contribution is 7.17. The molecule has 0 atom stereocenters. The molecule has 0 aliphatic carbocycles. The fraction of sp³-hybridized carbons (Fsp3) is 0.240. The number of nitrogens with one attached hydrogen (secondary N) is 2. The van der Waals surface area contributed by atoms with Gasteiger partial charge >= 0.3 is 0 Å². The maximum absolute atomic E-state index is 14.4. The van der Waals surface area contributed by atoms with Gasteiger partial charge in [-0.15, -0.1) is 11.3 Å². The number of H-pyrrole nitrogens is 1. The first kappa shape index (κ1) is 23.1. The average molecular weight is 499 g/mol. The maximum Gasteiger partial charge on any atom is 0.270 e. The van der Waals surface area contributed by atoms with Crippen molar-refractivity contribution in [3.63, 3.8) is 0 Å². The number of carbonyl (C=O) groups excluding carboxylic acids is 1. The Bertz CT molecular complexity index is 1440. The summed E-state index contributed by atoms with van der Waals surface area (Å²) in [6, 6.07) is 9.52. The number of nitrogens with zero attached hydrogens (tertiary/aromatic N) is 2. The number of thiophene rings is 1. The van der Waals surface area contributed by atoms with Gasteiger partial charge in [0.25, 0.3) is 5.56 Å². The van der Waals surface area contributed by atoms with E-state index in [0.29, 0.717) is 58.8 Å². The van der Waals surface area contributed by atoms with Crippen LogP contribution in [0.4, 0.5) is 19.1 Å². The van der Waals surface area contributed by atoms with Gasteiger partial charge in [0, 0.05) is 48.1 Å². The first-order valence-corrected chi connectivity index (χ1v) is 12.0. The third-order valence-corrected chi connectivity index (χ3v) is 7.10. The summed E-state index contributed by atoms with van der Waals surface area (Å²) in [6.45, 7) is 1.01. The number of rotatable bonds is 5. The Labute approximate surface area is 202 Å². The third kappa shape index (κ3) is 4.79. The Morgan fingerprint density at radius 2 is 1.80 bits per heavy atom. The molecule has 1 saturated heterocycles. The summed E-state index contributed by atoms with van der Waals surface area (Å²) in [5, 5.41) is 4.47. The van der Waals surface area contributed by atoms with Crippen molar-refractivity contribution in [2.75, 3.05) is 18.0 Å². The van der Waals surface area contributed by atoms with Crippen LogP contribution in [0.3, 0.4) is 0 Å². The van der Waals surface area contributed by atoms with Crippen molar-refractivity contribution < 1.29 is 18.0 Å². The van der Waals surface area contributed by atoms with Crippen molar-refractivity contribution in [3.8, 4) is 11.1 Å². The number of fused-ring (bicyclic) bond motifs is 1. The first-order valence-electron chi connectivity index (χ1n) is 11.1. The molecule has 5 rings (SSSR count). The standard InChI is InChI=1S/C25H21F3N4O2S/c26-16-9-14(10-17(27)11-16)12-29-23(33)15-5-7-32(8-6-15)25-30-21-19(13-35-22(21)24(34)31-25)18-3-1-2-4-20(18)28/h1-4,9-11,13,15H,5-8,12H2,(H,29,33)(H,30,31,34). The molecule has 1 aliphatic rings. The van der Waals surface area contributed by atoms with E-state index in [2.05, 4.69) is 15.3 Å². The van der Waals surface area contributed by atoms with Crippen molar-refractivity contribution in [2.45, 2.75) is 19.4 Å². The molecule has 0 radical (unpaired) electrons. The molecule has 0 bridgehead atoms. The minimum absolute atomic E-state index is 0.0379. The van der Waals surface area contributed by atoms with Crippen molar-refractivity contribution in [1.82, 2.24) is 15.3 Å². The van der Waals surface area contributed by atoms with E-state index in [-0.39, 0.29) is 29.7 Å². The molecule has 1 aliphatic heterocycles. The van der Waals surface area contributed by atoms with Gasteiger partial charge in [0.2, 0.25) is 11.9 Å². The van der Waals surface area contributed by atoms with Crippen LogP contribution in [0.2, 0.25) is 0 Å². The average Bonchev–Trinajstić information content (AvgIpc) is 3.27. The number of carbonyl (C=O) groups is 1. The Balaban J connectivity index is 1.28. The van der Waals surface area contributed by atoms with E-state index in [9.17, 15) is 22.8 Å². The van der Waals surface area contributed by atoms with Gasteiger partial charge in [0.15, 0.2) is 0 Å². The molecule has 2 aromatic carbocycles. The summed E-state index contributed by atoms with van der Waals surface area (Å²) < 4.78 is 41.5. The molecule has 1 fully saturated rings. The Kier molecular flexibility index (Phi) is 6.29. The molecular weight excluding hydrogens is 477 g/mol. The second-order valence-electron chi connectivity index (χ2n) is 8.45. The van der Waals surface area contributed by atoms with Crippen LogP contribution in [0.25, 0.3) is 21.3 Å². The summed E-state index contributed by atoms with van der Waals surface area (Å²) >= 11 is 1.22. The van der Waals surface area contributed by atoms with Crippen molar-refractivity contribution >= 4 is 33.4 Å². The molecule has 180 valence electrons. The smallest absolute Gasteiger partial charge is 0.270 e. The normalized spacial score (nSPS) is 14.4. The molecule has 6 nitrogen and oxygen atoms in total. The summed E-state index contributed by atoms with van der Waals surface area (Å²) in [5.74, 6) is -1.84. The van der Waals surface area contributed by atoms with Gasteiger partial charge in [-0.25, -0.2) is 18.2 Å². The van der Waals surface area contributed by atoms with Gasteiger partial charge in [0.1, 0.15) is 22.2 Å². The summed E-state index contributed by atoms with van der Waals surface area (Å²) in [4.78, 5) is 34.6. The highest BCUT2D eigenvalue weighted by Crippen LogP contribution is 2.33. The molecule has 3 heterocycles. The number of benzene rings is 2. The Morgan fingerprint density at radius 3 is 2.51 bits per heavy atom. The SMILES string of the molecule is O=C(NCc1cc(F)cc(F)c1)C1CCN(c2nc3c(-c4ccccc4F)csc3c(=O)[nH]2)CC1. The highest BCUT2D eigenvalue weighted by atomic mass is 32.1. The molecule has 1 amide bonds. The van der Waals surface area contributed by atoms with Crippen LogP contribution in [0.15, 0.2) is 52.6 Å². The van der Waals surface area contributed by atoms with Gasteiger partial charge in [0.05, 0.1) is 5.52 Å². The number of anilines is 1. The molecule has 2 aromatic heterocycles. The lowest BCUT2D eigenvalue weighted by Crippen LogP contribution is -2.41. The number of aromatic nitrogens is 2. The topological polar surface area (TPSA) is 78.1 Å². The number of hydrogen-bond acceptors (Lipinski definition) is 5. The van der Waals surface area contributed by atoms with E-state index >= 15 is 0 Å². The Hall–Kier alpha value is -3.66.